The molecule has 0 radical (unpaired) electrons. The van der Waals surface area contributed by atoms with Gasteiger partial charge in [-0.05, 0) is 34.5 Å². The minimum Gasteiger partial charge on any atom is -0.369 e. The third-order valence-electron chi connectivity index (χ3n) is 5.74. The predicted molar refractivity (Wildman–Crippen MR) is 116 cm³/mol. The quantitative estimate of drug-likeness (QED) is 0.586. The van der Waals surface area contributed by atoms with Gasteiger partial charge in [0.05, 0.1) is 12.6 Å². The largest absolute Gasteiger partial charge is 0.369 e. The van der Waals surface area contributed by atoms with Crippen LogP contribution in [0.2, 0.25) is 0 Å². The van der Waals surface area contributed by atoms with Crippen molar-refractivity contribution in [2.75, 3.05) is 31.1 Å². The molecule has 152 valence electrons. The summed E-state index contributed by atoms with van der Waals surface area (Å²) < 4.78 is 1.99. The molecule has 1 saturated heterocycles. The molecule has 0 aliphatic carbocycles. The van der Waals surface area contributed by atoms with E-state index in [2.05, 4.69) is 86.8 Å². The maximum atomic E-state index is 4.46. The number of piperazine rings is 1. The lowest BCUT2D eigenvalue weighted by molar-refractivity contribution is 0.163. The van der Waals surface area contributed by atoms with Crippen LogP contribution in [0.4, 0.5) is 5.69 Å². The zero-order valence-corrected chi connectivity index (χ0v) is 17.2. The fourth-order valence-electron chi connectivity index (χ4n) is 4.12. The molecule has 0 spiro atoms. The number of nitrogens with zero attached hydrogens (tertiary/aromatic N) is 6. The Morgan fingerprint density at radius 1 is 0.897 bits per heavy atom. The van der Waals surface area contributed by atoms with E-state index in [1.54, 1.807) is 0 Å². The zero-order valence-electron chi connectivity index (χ0n) is 17.2. The normalized spacial score (nSPS) is 16.1. The van der Waals surface area contributed by atoms with Crippen LogP contribution >= 0.6 is 0 Å². The van der Waals surface area contributed by atoms with Gasteiger partial charge in [-0.15, -0.1) is 5.10 Å². The Morgan fingerprint density at radius 2 is 1.59 bits per heavy atom. The number of unbranched alkanes of at least 4 members (excludes halogenated alkanes) is 1. The molecule has 2 heterocycles. The number of benzene rings is 2. The Hall–Kier alpha value is -2.73. The molecule has 0 saturated carbocycles. The molecule has 2 aromatic carbocycles. The van der Waals surface area contributed by atoms with Gasteiger partial charge in [0.2, 0.25) is 0 Å². The first-order valence-corrected chi connectivity index (χ1v) is 10.7. The van der Waals surface area contributed by atoms with Crippen molar-refractivity contribution in [1.29, 1.82) is 0 Å². The van der Waals surface area contributed by atoms with Gasteiger partial charge in [0.25, 0.3) is 0 Å². The van der Waals surface area contributed by atoms with Gasteiger partial charge in [0, 0.05) is 31.9 Å². The average Bonchev–Trinajstić information content (AvgIpc) is 3.23. The van der Waals surface area contributed by atoms with Gasteiger partial charge in [0.15, 0.2) is 5.82 Å². The second kappa shape index (κ2) is 9.65. The maximum absolute atomic E-state index is 4.46. The third-order valence-corrected chi connectivity index (χ3v) is 5.74. The Balaban J connectivity index is 1.48. The average molecular weight is 391 g/mol. The van der Waals surface area contributed by atoms with Gasteiger partial charge in [-0.2, -0.15) is 0 Å². The maximum Gasteiger partial charge on any atom is 0.168 e. The predicted octanol–water partition coefficient (Wildman–Crippen LogP) is 3.77. The van der Waals surface area contributed by atoms with Gasteiger partial charge >= 0.3 is 0 Å². The molecular formula is C23H30N6. The molecule has 1 aliphatic heterocycles. The lowest BCUT2D eigenvalue weighted by Gasteiger charge is -2.39. The second-order valence-corrected chi connectivity index (χ2v) is 7.70. The monoisotopic (exact) mass is 390 g/mol. The number of tetrazole rings is 1. The van der Waals surface area contributed by atoms with Crippen LogP contribution in [-0.4, -0.2) is 51.3 Å². The van der Waals surface area contributed by atoms with E-state index in [1.807, 2.05) is 10.7 Å². The van der Waals surface area contributed by atoms with Crippen molar-refractivity contribution >= 4 is 5.69 Å². The van der Waals surface area contributed by atoms with Crippen LogP contribution in [0.3, 0.4) is 0 Å². The fraction of sp³-hybridized carbons (Fsp3) is 0.435. The minimum absolute atomic E-state index is 0.270. The molecule has 29 heavy (non-hydrogen) atoms. The first-order chi connectivity index (χ1) is 14.3. The molecule has 4 rings (SSSR count). The molecule has 1 aliphatic rings. The Kier molecular flexibility index (Phi) is 6.52. The highest BCUT2D eigenvalue weighted by Gasteiger charge is 2.28. The van der Waals surface area contributed by atoms with Crippen LogP contribution in [0.5, 0.6) is 0 Å². The van der Waals surface area contributed by atoms with Crippen LogP contribution in [0, 0.1) is 0 Å². The number of aromatic nitrogens is 4. The van der Waals surface area contributed by atoms with Crippen LogP contribution < -0.4 is 4.90 Å². The van der Waals surface area contributed by atoms with E-state index in [1.165, 1.54) is 24.1 Å². The molecule has 1 fully saturated rings. The van der Waals surface area contributed by atoms with Gasteiger partial charge in [-0.3, -0.25) is 4.90 Å². The summed E-state index contributed by atoms with van der Waals surface area (Å²) in [5.41, 5.74) is 2.54. The highest BCUT2D eigenvalue weighted by atomic mass is 15.6. The summed E-state index contributed by atoms with van der Waals surface area (Å²) in [7, 11) is 0. The van der Waals surface area contributed by atoms with Gasteiger partial charge in [0.1, 0.15) is 0 Å². The van der Waals surface area contributed by atoms with Crippen LogP contribution in [0.15, 0.2) is 60.7 Å². The van der Waals surface area contributed by atoms with Gasteiger partial charge in [-0.25, -0.2) is 4.68 Å². The van der Waals surface area contributed by atoms with Crippen LogP contribution in [-0.2, 0) is 6.54 Å². The summed E-state index contributed by atoms with van der Waals surface area (Å²) in [5, 5.41) is 12.8. The summed E-state index contributed by atoms with van der Waals surface area (Å²) in [5.74, 6) is 0.996. The zero-order chi connectivity index (χ0) is 19.9. The smallest absolute Gasteiger partial charge is 0.168 e. The van der Waals surface area contributed by atoms with E-state index in [0.29, 0.717) is 0 Å². The molecule has 1 unspecified atom stereocenters. The lowest BCUT2D eigenvalue weighted by atomic mass is 10.1. The highest BCUT2D eigenvalue weighted by Crippen LogP contribution is 2.27. The fourth-order valence-corrected chi connectivity index (χ4v) is 4.12. The molecule has 1 atom stereocenters. The SMILES string of the molecule is CCCCC(c1nnnn1Cc1ccccc1)N1CCN(c2ccccc2)CC1. The van der Waals surface area contributed by atoms with E-state index >= 15 is 0 Å². The third kappa shape index (κ3) is 4.82. The van der Waals surface area contributed by atoms with E-state index in [0.717, 1.165) is 45.0 Å². The number of anilines is 1. The molecule has 0 bridgehead atoms. The first-order valence-electron chi connectivity index (χ1n) is 10.7. The van der Waals surface area contributed by atoms with Crippen molar-refractivity contribution in [2.24, 2.45) is 0 Å². The first kappa shape index (κ1) is 19.6. The van der Waals surface area contributed by atoms with Gasteiger partial charge in [-0.1, -0.05) is 68.3 Å². The molecule has 0 amide bonds. The molecule has 1 aromatic heterocycles. The summed E-state index contributed by atoms with van der Waals surface area (Å²) in [6.07, 6.45) is 3.46. The van der Waals surface area contributed by atoms with Crippen molar-refractivity contribution in [3.05, 3.63) is 72.1 Å². The summed E-state index contributed by atoms with van der Waals surface area (Å²) in [4.78, 5) is 5.04. The van der Waals surface area contributed by atoms with E-state index in [9.17, 15) is 0 Å². The van der Waals surface area contributed by atoms with Crippen LogP contribution in [0.25, 0.3) is 0 Å². The lowest BCUT2D eigenvalue weighted by Crippen LogP contribution is -2.48. The molecule has 6 nitrogen and oxygen atoms in total. The molecule has 3 aromatic rings. The Morgan fingerprint density at radius 3 is 2.28 bits per heavy atom. The van der Waals surface area contributed by atoms with Crippen molar-refractivity contribution in [3.63, 3.8) is 0 Å². The van der Waals surface area contributed by atoms with E-state index in [-0.39, 0.29) is 6.04 Å². The van der Waals surface area contributed by atoms with Crippen LogP contribution in [0.1, 0.15) is 43.6 Å². The summed E-state index contributed by atoms with van der Waals surface area (Å²) >= 11 is 0. The van der Waals surface area contributed by atoms with Crippen molar-refractivity contribution in [3.8, 4) is 0 Å². The number of para-hydroxylation sites is 1. The van der Waals surface area contributed by atoms with Crippen molar-refractivity contribution < 1.29 is 0 Å². The van der Waals surface area contributed by atoms with Crippen molar-refractivity contribution in [2.45, 2.75) is 38.8 Å². The van der Waals surface area contributed by atoms with E-state index < -0.39 is 0 Å². The standard InChI is InChI=1S/C23H30N6/c1-2-3-14-22(23-24-25-26-29(23)19-20-10-6-4-7-11-20)28-17-15-27(16-18-28)21-12-8-5-9-13-21/h4-13,22H,2-3,14-19H2,1H3. The number of hydrogen-bond acceptors (Lipinski definition) is 5. The molecule has 6 heteroatoms. The molecule has 0 N–H and O–H groups in total. The molecular weight excluding hydrogens is 360 g/mol. The summed E-state index contributed by atoms with van der Waals surface area (Å²) in [6, 6.07) is 21.4. The Labute approximate surface area is 173 Å². The number of hydrogen-bond donors (Lipinski definition) is 0. The highest BCUT2D eigenvalue weighted by molar-refractivity contribution is 5.46. The summed E-state index contributed by atoms with van der Waals surface area (Å²) in [6.45, 7) is 7.09. The minimum atomic E-state index is 0.270. The number of rotatable bonds is 8. The van der Waals surface area contributed by atoms with Gasteiger partial charge < -0.3 is 4.90 Å². The Bertz CT molecular complexity index is 855. The second-order valence-electron chi connectivity index (χ2n) is 7.70. The van der Waals surface area contributed by atoms with E-state index in [4.69, 9.17) is 0 Å². The topological polar surface area (TPSA) is 50.1 Å². The van der Waals surface area contributed by atoms with Crippen molar-refractivity contribution in [1.82, 2.24) is 25.1 Å².